The van der Waals surface area contributed by atoms with Gasteiger partial charge in [0.1, 0.15) is 6.54 Å². The Balaban J connectivity index is 1.91. The van der Waals surface area contributed by atoms with E-state index in [1.165, 1.54) is 18.4 Å². The lowest BCUT2D eigenvalue weighted by atomic mass is 9.95. The zero-order valence-electron chi connectivity index (χ0n) is 14.5. The van der Waals surface area contributed by atoms with Crippen LogP contribution in [0.5, 0.6) is 17.2 Å². The number of fused-ring (bicyclic) bond motifs is 2. The van der Waals surface area contributed by atoms with Crippen molar-refractivity contribution < 1.29 is 23.8 Å². The minimum Gasteiger partial charge on any atom is -0.493 e. The van der Waals surface area contributed by atoms with Gasteiger partial charge in [0.2, 0.25) is 5.75 Å². The number of piperidine rings is 1. The van der Waals surface area contributed by atoms with Crippen molar-refractivity contribution in [1.29, 1.82) is 0 Å². The van der Waals surface area contributed by atoms with Gasteiger partial charge in [0, 0.05) is 31.2 Å². The Bertz CT molecular complexity index is 535. The Morgan fingerprint density at radius 3 is 1.96 bits per heavy atom. The molecule has 2 saturated heterocycles. The molecule has 1 aromatic rings. The van der Waals surface area contributed by atoms with Crippen LogP contribution < -0.4 is 14.2 Å². The first-order valence-corrected chi connectivity index (χ1v) is 8.33. The number of benzene rings is 1. The quantitative estimate of drug-likeness (QED) is 0.846. The molecule has 2 unspecified atom stereocenters. The van der Waals surface area contributed by atoms with Gasteiger partial charge in [-0.3, -0.25) is 0 Å². The smallest absolute Gasteiger partial charge is 0.203 e. The summed E-state index contributed by atoms with van der Waals surface area (Å²) < 4.78 is 17.4. The molecule has 0 aliphatic carbocycles. The fraction of sp³-hybridized carbons (Fsp3) is 0.667. The second kappa shape index (κ2) is 6.21. The lowest BCUT2D eigenvalue weighted by molar-refractivity contribution is -0.961. The molecule has 0 aromatic heterocycles. The standard InChI is InChI=1S/C18H28NO4/c1-19(13-5-6-14(19)10-15(20)9-13)11-12-7-16(21-2)18(23-4)17(8-12)22-3/h7-8,13-15,20H,5-6,9-11H2,1-4H3/q+1. The Labute approximate surface area is 138 Å². The van der Waals surface area contributed by atoms with E-state index in [1.54, 1.807) is 21.3 Å². The molecule has 0 spiro atoms. The Morgan fingerprint density at radius 2 is 1.52 bits per heavy atom. The predicted octanol–water partition coefficient (Wildman–Crippen LogP) is 2.34. The van der Waals surface area contributed by atoms with E-state index >= 15 is 0 Å². The van der Waals surface area contributed by atoms with E-state index in [9.17, 15) is 5.11 Å². The summed E-state index contributed by atoms with van der Waals surface area (Å²) in [5, 5.41) is 10.1. The number of rotatable bonds is 5. The highest BCUT2D eigenvalue weighted by Gasteiger charge is 2.51. The number of aliphatic hydroxyl groups excluding tert-OH is 1. The highest BCUT2D eigenvalue weighted by molar-refractivity contribution is 5.53. The van der Waals surface area contributed by atoms with Crippen LogP contribution in [0.25, 0.3) is 0 Å². The van der Waals surface area contributed by atoms with E-state index in [0.717, 1.165) is 23.9 Å². The molecule has 0 radical (unpaired) electrons. The summed E-state index contributed by atoms with van der Waals surface area (Å²) in [6.07, 6.45) is 4.12. The maximum absolute atomic E-state index is 10.1. The molecule has 0 amide bonds. The van der Waals surface area contributed by atoms with Gasteiger partial charge >= 0.3 is 0 Å². The van der Waals surface area contributed by atoms with E-state index in [1.807, 2.05) is 0 Å². The van der Waals surface area contributed by atoms with Gasteiger partial charge in [0.05, 0.1) is 46.6 Å². The fourth-order valence-electron chi connectivity index (χ4n) is 4.59. The fourth-order valence-corrected chi connectivity index (χ4v) is 4.59. The highest BCUT2D eigenvalue weighted by atomic mass is 16.5. The molecule has 3 rings (SSSR count). The van der Waals surface area contributed by atoms with E-state index in [2.05, 4.69) is 19.2 Å². The molecular formula is C18H28NO4+. The number of hydrogen-bond donors (Lipinski definition) is 1. The molecule has 5 nitrogen and oxygen atoms in total. The Kier molecular flexibility index (Phi) is 4.43. The van der Waals surface area contributed by atoms with Crippen LogP contribution in [0.2, 0.25) is 0 Å². The average molecular weight is 322 g/mol. The maximum Gasteiger partial charge on any atom is 0.203 e. The van der Waals surface area contributed by atoms with E-state index < -0.39 is 0 Å². The van der Waals surface area contributed by atoms with Crippen molar-refractivity contribution in [2.24, 2.45) is 0 Å². The molecule has 2 aliphatic rings. The van der Waals surface area contributed by atoms with Crippen LogP contribution in [0, 0.1) is 0 Å². The number of methoxy groups -OCH3 is 3. The van der Waals surface area contributed by atoms with Crippen molar-refractivity contribution in [2.75, 3.05) is 28.4 Å². The summed E-state index contributed by atoms with van der Waals surface area (Å²) in [6.45, 7) is 0.929. The third kappa shape index (κ3) is 2.76. The van der Waals surface area contributed by atoms with E-state index in [-0.39, 0.29) is 6.10 Å². The number of hydrogen-bond acceptors (Lipinski definition) is 4. The van der Waals surface area contributed by atoms with Crippen LogP contribution in [-0.4, -0.2) is 56.2 Å². The number of quaternary nitrogens is 1. The monoisotopic (exact) mass is 322 g/mol. The first kappa shape index (κ1) is 16.4. The molecule has 2 bridgehead atoms. The van der Waals surface area contributed by atoms with E-state index in [4.69, 9.17) is 14.2 Å². The van der Waals surface area contributed by atoms with Crippen molar-refractivity contribution in [1.82, 2.24) is 0 Å². The Hall–Kier alpha value is -1.46. The molecule has 5 heteroatoms. The average Bonchev–Trinajstić information content (AvgIpc) is 2.72. The number of aliphatic hydroxyl groups is 1. The molecular weight excluding hydrogens is 294 g/mol. The maximum atomic E-state index is 10.1. The third-order valence-corrected chi connectivity index (χ3v) is 5.84. The van der Waals surface area contributed by atoms with Gasteiger partial charge in [-0.25, -0.2) is 0 Å². The van der Waals surface area contributed by atoms with Crippen LogP contribution in [-0.2, 0) is 6.54 Å². The molecule has 2 fully saturated rings. The zero-order chi connectivity index (χ0) is 16.6. The summed E-state index contributed by atoms with van der Waals surface area (Å²) in [5.74, 6) is 2.05. The summed E-state index contributed by atoms with van der Waals surface area (Å²) in [4.78, 5) is 0. The van der Waals surface area contributed by atoms with Gasteiger partial charge in [-0.05, 0) is 12.1 Å². The SMILES string of the molecule is COc1cc(C[N+]2(C)C3CCC2CC(O)C3)cc(OC)c1OC. The molecule has 0 saturated carbocycles. The highest BCUT2D eigenvalue weighted by Crippen LogP contribution is 2.44. The van der Waals surface area contributed by atoms with Crippen molar-refractivity contribution in [3.05, 3.63) is 17.7 Å². The van der Waals surface area contributed by atoms with Gasteiger partial charge in [0.25, 0.3) is 0 Å². The van der Waals surface area contributed by atoms with Gasteiger partial charge in [-0.1, -0.05) is 0 Å². The van der Waals surface area contributed by atoms with Crippen molar-refractivity contribution >= 4 is 0 Å². The summed E-state index contributed by atoms with van der Waals surface area (Å²) >= 11 is 0. The van der Waals surface area contributed by atoms with Crippen LogP contribution in [0.15, 0.2) is 12.1 Å². The third-order valence-electron chi connectivity index (χ3n) is 5.84. The van der Waals surface area contributed by atoms with Crippen molar-refractivity contribution in [2.45, 2.75) is 50.4 Å². The van der Waals surface area contributed by atoms with Gasteiger partial charge in [-0.15, -0.1) is 0 Å². The first-order chi connectivity index (χ1) is 11.0. The van der Waals surface area contributed by atoms with Crippen LogP contribution in [0.1, 0.15) is 31.2 Å². The topological polar surface area (TPSA) is 47.9 Å². The van der Waals surface area contributed by atoms with Gasteiger partial charge in [-0.2, -0.15) is 0 Å². The van der Waals surface area contributed by atoms with Crippen molar-refractivity contribution in [3.8, 4) is 17.2 Å². The summed E-state index contributed by atoms with van der Waals surface area (Å²) in [7, 11) is 7.26. The molecule has 2 heterocycles. The molecule has 2 atom stereocenters. The van der Waals surface area contributed by atoms with Crippen LogP contribution in [0.4, 0.5) is 0 Å². The number of nitrogens with zero attached hydrogens (tertiary/aromatic N) is 1. The Morgan fingerprint density at radius 1 is 1.00 bits per heavy atom. The molecule has 1 aromatic carbocycles. The van der Waals surface area contributed by atoms with Crippen molar-refractivity contribution in [3.63, 3.8) is 0 Å². The lowest BCUT2D eigenvalue weighted by Crippen LogP contribution is -2.57. The summed E-state index contributed by atoms with van der Waals surface area (Å²) in [6, 6.07) is 5.19. The van der Waals surface area contributed by atoms with Crippen LogP contribution in [0.3, 0.4) is 0 Å². The molecule has 2 aliphatic heterocycles. The van der Waals surface area contributed by atoms with Crippen LogP contribution >= 0.6 is 0 Å². The second-order valence-corrected chi connectivity index (χ2v) is 7.05. The lowest BCUT2D eigenvalue weighted by Gasteiger charge is -2.46. The van der Waals surface area contributed by atoms with E-state index in [0.29, 0.717) is 29.3 Å². The molecule has 23 heavy (non-hydrogen) atoms. The molecule has 128 valence electrons. The van der Waals surface area contributed by atoms with Gasteiger partial charge in [0.15, 0.2) is 11.5 Å². The second-order valence-electron chi connectivity index (χ2n) is 7.05. The normalized spacial score (nSPS) is 32.7. The van der Waals surface area contributed by atoms with Gasteiger partial charge < -0.3 is 23.8 Å². The first-order valence-electron chi connectivity index (χ1n) is 8.33. The molecule has 1 N–H and O–H groups in total. The minimum atomic E-state index is -0.126. The predicted molar refractivity (Wildman–Crippen MR) is 88.0 cm³/mol. The minimum absolute atomic E-state index is 0.126. The zero-order valence-corrected chi connectivity index (χ0v) is 14.5. The number of ether oxygens (including phenoxy) is 3. The summed E-state index contributed by atoms with van der Waals surface area (Å²) in [5.41, 5.74) is 1.19. The largest absolute Gasteiger partial charge is 0.493 e.